The molecule has 0 aromatic heterocycles. The van der Waals surface area contributed by atoms with E-state index in [9.17, 15) is 18.0 Å². The lowest BCUT2D eigenvalue weighted by molar-refractivity contribution is -0.139. The molecule has 0 aliphatic rings. The predicted molar refractivity (Wildman–Crippen MR) is 58.3 cm³/mol. The van der Waals surface area contributed by atoms with Crippen molar-refractivity contribution in [1.82, 2.24) is 0 Å². The van der Waals surface area contributed by atoms with Gasteiger partial charge in [-0.2, -0.15) is 0 Å². The summed E-state index contributed by atoms with van der Waals surface area (Å²) in [4.78, 5) is 10.3. The quantitative estimate of drug-likeness (QED) is 0.856. The Labute approximate surface area is 102 Å². The maximum absolute atomic E-state index is 13.5. The highest BCUT2D eigenvalue weighted by Gasteiger charge is 2.32. The van der Waals surface area contributed by atoms with Crippen molar-refractivity contribution in [2.75, 3.05) is 6.61 Å². The van der Waals surface area contributed by atoms with E-state index in [1.807, 2.05) is 0 Å². The summed E-state index contributed by atoms with van der Waals surface area (Å²) in [6, 6.07) is 2.83. The van der Waals surface area contributed by atoms with Crippen molar-refractivity contribution in [3.05, 3.63) is 29.6 Å². The van der Waals surface area contributed by atoms with Crippen molar-refractivity contribution >= 4 is 5.97 Å². The number of carboxylic acid groups (broad SMARTS) is 1. The molecule has 18 heavy (non-hydrogen) atoms. The molecule has 0 saturated carbocycles. The summed E-state index contributed by atoms with van der Waals surface area (Å²) in [5, 5.41) is 8.36. The number of alkyl halides is 2. The van der Waals surface area contributed by atoms with Crippen molar-refractivity contribution in [3.8, 4) is 5.75 Å². The molecule has 0 amide bonds. The zero-order valence-corrected chi connectivity index (χ0v) is 9.75. The first-order valence-electron chi connectivity index (χ1n) is 5.39. The lowest BCUT2D eigenvalue weighted by atomic mass is 10.0. The van der Waals surface area contributed by atoms with Crippen LogP contribution in [0.3, 0.4) is 0 Å². The van der Waals surface area contributed by atoms with E-state index in [0.29, 0.717) is 6.07 Å². The van der Waals surface area contributed by atoms with Crippen LogP contribution in [-0.2, 0) is 10.7 Å². The van der Waals surface area contributed by atoms with Crippen LogP contribution in [0.4, 0.5) is 13.2 Å². The van der Waals surface area contributed by atoms with E-state index in [0.717, 1.165) is 12.1 Å². The van der Waals surface area contributed by atoms with Gasteiger partial charge in [-0.1, -0.05) is 0 Å². The van der Waals surface area contributed by atoms with Crippen LogP contribution in [0.25, 0.3) is 0 Å². The molecule has 0 unspecified atom stereocenters. The molecule has 100 valence electrons. The van der Waals surface area contributed by atoms with Gasteiger partial charge in [0.1, 0.15) is 0 Å². The van der Waals surface area contributed by atoms with Gasteiger partial charge in [0.25, 0.3) is 5.92 Å². The number of ether oxygens (including phenoxy) is 1. The van der Waals surface area contributed by atoms with Crippen LogP contribution in [0.15, 0.2) is 18.2 Å². The summed E-state index contributed by atoms with van der Waals surface area (Å²) in [7, 11) is 0. The molecule has 0 bridgehead atoms. The maximum Gasteiger partial charge on any atom is 0.303 e. The van der Waals surface area contributed by atoms with Crippen molar-refractivity contribution in [2.45, 2.75) is 25.7 Å². The molecule has 0 radical (unpaired) electrons. The van der Waals surface area contributed by atoms with Gasteiger partial charge in [0.2, 0.25) is 0 Å². The van der Waals surface area contributed by atoms with Gasteiger partial charge in [-0.25, -0.2) is 13.2 Å². The number of carboxylic acids is 1. The zero-order chi connectivity index (χ0) is 13.8. The van der Waals surface area contributed by atoms with Crippen molar-refractivity contribution in [3.63, 3.8) is 0 Å². The Morgan fingerprint density at radius 1 is 1.44 bits per heavy atom. The minimum atomic E-state index is -3.37. The lowest BCUT2D eigenvalue weighted by Crippen LogP contribution is -2.15. The Kier molecular flexibility index (Phi) is 4.58. The molecule has 0 aliphatic carbocycles. The highest BCUT2D eigenvalue weighted by Crippen LogP contribution is 2.34. The fourth-order valence-electron chi connectivity index (χ4n) is 1.41. The molecule has 6 heteroatoms. The molecular weight excluding hydrogens is 249 g/mol. The van der Waals surface area contributed by atoms with Crippen LogP contribution in [0.2, 0.25) is 0 Å². The van der Waals surface area contributed by atoms with E-state index in [4.69, 9.17) is 9.84 Å². The highest BCUT2D eigenvalue weighted by molar-refractivity contribution is 5.66. The predicted octanol–water partition coefficient (Wildman–Crippen LogP) is 3.18. The summed E-state index contributed by atoms with van der Waals surface area (Å²) in [6.07, 6.45) is -1.54. The molecule has 0 atom stereocenters. The normalized spacial score (nSPS) is 11.3. The Hall–Kier alpha value is -1.72. The molecule has 0 fully saturated rings. The van der Waals surface area contributed by atoms with Gasteiger partial charge in [-0.3, -0.25) is 4.79 Å². The molecule has 0 heterocycles. The van der Waals surface area contributed by atoms with Crippen LogP contribution in [0.5, 0.6) is 5.75 Å². The fraction of sp³-hybridized carbons (Fsp3) is 0.417. The van der Waals surface area contributed by atoms with E-state index in [1.54, 1.807) is 6.92 Å². The first-order valence-corrected chi connectivity index (χ1v) is 5.39. The summed E-state index contributed by atoms with van der Waals surface area (Å²) in [5.74, 6) is -5.68. The Bertz CT molecular complexity index is 433. The molecule has 0 aliphatic heterocycles. The van der Waals surface area contributed by atoms with Gasteiger partial charge in [0.05, 0.1) is 13.0 Å². The largest absolute Gasteiger partial charge is 0.491 e. The van der Waals surface area contributed by atoms with Crippen molar-refractivity contribution < 1.29 is 27.8 Å². The number of rotatable bonds is 6. The van der Waals surface area contributed by atoms with Crippen LogP contribution in [0, 0.1) is 5.82 Å². The van der Waals surface area contributed by atoms with E-state index in [1.165, 1.54) is 0 Å². The number of carbonyl (C=O) groups is 1. The van der Waals surface area contributed by atoms with Gasteiger partial charge in [-0.05, 0) is 25.1 Å². The number of benzene rings is 1. The van der Waals surface area contributed by atoms with E-state index >= 15 is 0 Å². The van der Waals surface area contributed by atoms with Gasteiger partial charge in [-0.15, -0.1) is 0 Å². The first kappa shape index (κ1) is 14.3. The van der Waals surface area contributed by atoms with Gasteiger partial charge >= 0.3 is 5.97 Å². The van der Waals surface area contributed by atoms with Crippen LogP contribution in [0.1, 0.15) is 25.3 Å². The Morgan fingerprint density at radius 3 is 2.61 bits per heavy atom. The molecule has 1 rings (SSSR count). The molecule has 0 saturated heterocycles. The van der Waals surface area contributed by atoms with Gasteiger partial charge in [0, 0.05) is 12.0 Å². The van der Waals surface area contributed by atoms with E-state index in [-0.39, 0.29) is 12.4 Å². The fourth-order valence-corrected chi connectivity index (χ4v) is 1.41. The SMILES string of the molecule is CCOc1ccc(C(F)(F)CCC(=O)O)cc1F. The molecule has 3 nitrogen and oxygen atoms in total. The molecule has 0 spiro atoms. The number of hydrogen-bond donors (Lipinski definition) is 1. The molecule has 1 aromatic carbocycles. The smallest absolute Gasteiger partial charge is 0.303 e. The Balaban J connectivity index is 2.88. The monoisotopic (exact) mass is 262 g/mol. The minimum Gasteiger partial charge on any atom is -0.491 e. The van der Waals surface area contributed by atoms with Crippen molar-refractivity contribution in [2.24, 2.45) is 0 Å². The topological polar surface area (TPSA) is 46.5 Å². The number of aliphatic carboxylic acids is 1. The third-order valence-corrected chi connectivity index (χ3v) is 2.31. The number of halogens is 3. The lowest BCUT2D eigenvalue weighted by Gasteiger charge is -2.16. The Morgan fingerprint density at radius 2 is 2.11 bits per heavy atom. The van der Waals surface area contributed by atoms with Crippen molar-refractivity contribution in [1.29, 1.82) is 0 Å². The van der Waals surface area contributed by atoms with Crippen LogP contribution >= 0.6 is 0 Å². The van der Waals surface area contributed by atoms with Gasteiger partial charge in [0.15, 0.2) is 11.6 Å². The van der Waals surface area contributed by atoms with Crippen LogP contribution < -0.4 is 4.74 Å². The molecular formula is C12H13F3O3. The number of hydrogen-bond acceptors (Lipinski definition) is 2. The maximum atomic E-state index is 13.5. The second-order valence-electron chi connectivity index (χ2n) is 3.68. The second kappa shape index (κ2) is 5.75. The standard InChI is InChI=1S/C12H13F3O3/c1-2-18-10-4-3-8(7-9(10)13)12(14,15)6-5-11(16)17/h3-4,7H,2,5-6H2,1H3,(H,16,17). The summed E-state index contributed by atoms with van der Waals surface area (Å²) < 4.78 is 45.4. The highest BCUT2D eigenvalue weighted by atomic mass is 19.3. The first-order chi connectivity index (χ1) is 8.36. The summed E-state index contributed by atoms with van der Waals surface area (Å²) in [5.41, 5.74) is -0.551. The average molecular weight is 262 g/mol. The van der Waals surface area contributed by atoms with E-state index in [2.05, 4.69) is 0 Å². The summed E-state index contributed by atoms with van der Waals surface area (Å²) in [6.45, 7) is 1.88. The third kappa shape index (κ3) is 3.65. The van der Waals surface area contributed by atoms with Crippen LogP contribution in [-0.4, -0.2) is 17.7 Å². The zero-order valence-electron chi connectivity index (χ0n) is 9.75. The third-order valence-electron chi connectivity index (χ3n) is 2.31. The minimum absolute atomic E-state index is 0.102. The summed E-state index contributed by atoms with van der Waals surface area (Å²) >= 11 is 0. The van der Waals surface area contributed by atoms with E-state index < -0.39 is 36.1 Å². The molecule has 1 N–H and O–H groups in total. The second-order valence-corrected chi connectivity index (χ2v) is 3.68. The van der Waals surface area contributed by atoms with Gasteiger partial charge < -0.3 is 9.84 Å². The average Bonchev–Trinajstić information content (AvgIpc) is 2.29. The molecule has 1 aromatic rings.